The molecule has 0 saturated carbocycles. The van der Waals surface area contributed by atoms with Crippen molar-refractivity contribution in [2.45, 2.75) is 45.1 Å². The van der Waals surface area contributed by atoms with Crippen molar-refractivity contribution in [3.05, 3.63) is 29.8 Å². The van der Waals surface area contributed by atoms with E-state index in [1.54, 1.807) is 7.11 Å². The van der Waals surface area contributed by atoms with Crippen molar-refractivity contribution < 1.29 is 19.4 Å². The van der Waals surface area contributed by atoms with Crippen molar-refractivity contribution in [2.24, 2.45) is 5.92 Å². The second-order valence-corrected chi connectivity index (χ2v) is 8.34. The first kappa shape index (κ1) is 22.6. The molecule has 6 nitrogen and oxygen atoms in total. The number of aliphatic hydroxyl groups is 1. The fourth-order valence-corrected chi connectivity index (χ4v) is 4.37. The molecule has 1 aromatic carbocycles. The third-order valence-corrected chi connectivity index (χ3v) is 6.05. The third-order valence-electron chi connectivity index (χ3n) is 6.05. The van der Waals surface area contributed by atoms with Gasteiger partial charge in [0.25, 0.3) is 0 Å². The van der Waals surface area contributed by atoms with Crippen LogP contribution in [0.3, 0.4) is 0 Å². The summed E-state index contributed by atoms with van der Waals surface area (Å²) in [5, 5.41) is 10.5. The lowest BCUT2D eigenvalue weighted by atomic mass is 9.94. The predicted octanol–water partition coefficient (Wildman–Crippen LogP) is 3.19. The Labute approximate surface area is 180 Å². The van der Waals surface area contributed by atoms with Crippen molar-refractivity contribution in [3.8, 4) is 11.5 Å². The van der Waals surface area contributed by atoms with Gasteiger partial charge < -0.3 is 24.4 Å². The molecule has 2 heterocycles. The van der Waals surface area contributed by atoms with Gasteiger partial charge in [0.2, 0.25) is 5.91 Å². The highest BCUT2D eigenvalue weighted by molar-refractivity contribution is 5.79. The van der Waals surface area contributed by atoms with Gasteiger partial charge >= 0.3 is 0 Å². The molecule has 6 heteroatoms. The largest absolute Gasteiger partial charge is 0.493 e. The number of methoxy groups -OCH3 is 1. The average molecular weight is 417 g/mol. The predicted molar refractivity (Wildman–Crippen MR) is 119 cm³/mol. The number of carbonyl (C=O) groups is 1. The number of nitrogens with zero attached hydrogens (tertiary/aromatic N) is 2. The average Bonchev–Trinajstić information content (AvgIpc) is 2.79. The van der Waals surface area contributed by atoms with Crippen molar-refractivity contribution in [2.75, 3.05) is 46.4 Å². The van der Waals surface area contributed by atoms with Gasteiger partial charge in [0.05, 0.1) is 7.11 Å². The summed E-state index contributed by atoms with van der Waals surface area (Å²) in [4.78, 5) is 17.0. The molecule has 0 aromatic heterocycles. The summed E-state index contributed by atoms with van der Waals surface area (Å²) >= 11 is 0. The number of hydrogen-bond acceptors (Lipinski definition) is 5. The first-order chi connectivity index (χ1) is 14.6. The molecular formula is C24H36N2O4. The van der Waals surface area contributed by atoms with Crippen molar-refractivity contribution >= 4 is 12.0 Å². The van der Waals surface area contributed by atoms with Crippen LogP contribution in [0.15, 0.2) is 24.3 Å². The maximum atomic E-state index is 12.7. The Morgan fingerprint density at radius 1 is 1.17 bits per heavy atom. The van der Waals surface area contributed by atoms with E-state index in [4.69, 9.17) is 9.47 Å². The molecule has 1 amide bonds. The molecule has 1 N–H and O–H groups in total. The fraction of sp³-hybridized carbons (Fsp3) is 0.625. The van der Waals surface area contributed by atoms with Gasteiger partial charge in [-0.1, -0.05) is 18.2 Å². The van der Waals surface area contributed by atoms with Gasteiger partial charge in [-0.05, 0) is 69.8 Å². The first-order valence-electron chi connectivity index (χ1n) is 11.2. The number of allylic oxidation sites excluding steroid dienone is 1. The summed E-state index contributed by atoms with van der Waals surface area (Å²) in [6, 6.07) is 5.76. The Morgan fingerprint density at radius 2 is 1.90 bits per heavy atom. The first-order valence-corrected chi connectivity index (χ1v) is 11.2. The maximum Gasteiger partial charge on any atom is 0.225 e. The topological polar surface area (TPSA) is 62.2 Å². The van der Waals surface area contributed by atoms with Crippen LogP contribution >= 0.6 is 0 Å². The molecule has 1 unspecified atom stereocenters. The van der Waals surface area contributed by atoms with Gasteiger partial charge in [0.15, 0.2) is 11.5 Å². The Kier molecular flexibility index (Phi) is 8.58. The number of ether oxygens (including phenoxy) is 2. The van der Waals surface area contributed by atoms with Crippen LogP contribution in [0.25, 0.3) is 6.08 Å². The lowest BCUT2D eigenvalue weighted by molar-refractivity contribution is -0.138. The molecule has 0 radical (unpaired) electrons. The molecule has 0 spiro atoms. The monoisotopic (exact) mass is 416 g/mol. The van der Waals surface area contributed by atoms with E-state index in [2.05, 4.69) is 9.80 Å². The van der Waals surface area contributed by atoms with Crippen molar-refractivity contribution in [3.63, 3.8) is 0 Å². The quantitative estimate of drug-likeness (QED) is 0.705. The zero-order valence-corrected chi connectivity index (χ0v) is 18.4. The third kappa shape index (κ3) is 6.22. The summed E-state index contributed by atoms with van der Waals surface area (Å²) in [6.45, 7) is 6.29. The molecule has 2 aliphatic rings. The minimum atomic E-state index is -0.584. The highest BCUT2D eigenvalue weighted by Crippen LogP contribution is 2.29. The molecule has 2 saturated heterocycles. The number of carbonyl (C=O) groups excluding carboxylic acids is 1. The molecule has 30 heavy (non-hydrogen) atoms. The smallest absolute Gasteiger partial charge is 0.225 e. The summed E-state index contributed by atoms with van der Waals surface area (Å²) < 4.78 is 11.2. The summed E-state index contributed by atoms with van der Waals surface area (Å²) in [6.07, 6.45) is 8.67. The number of likely N-dealkylation sites (tertiary alicyclic amines) is 2. The number of piperidine rings is 2. The Hall–Kier alpha value is -2.05. The normalized spacial score (nSPS) is 19.8. The van der Waals surface area contributed by atoms with E-state index in [-0.39, 0.29) is 12.5 Å². The molecular weight excluding hydrogens is 380 g/mol. The molecule has 1 atom stereocenters. The second kappa shape index (κ2) is 11.4. The van der Waals surface area contributed by atoms with Gasteiger partial charge in [-0.2, -0.15) is 0 Å². The van der Waals surface area contributed by atoms with E-state index in [0.717, 1.165) is 57.4 Å². The molecule has 3 rings (SSSR count). The van der Waals surface area contributed by atoms with Gasteiger partial charge in [0, 0.05) is 25.6 Å². The van der Waals surface area contributed by atoms with Gasteiger partial charge in [-0.25, -0.2) is 0 Å². The van der Waals surface area contributed by atoms with Crippen LogP contribution < -0.4 is 9.47 Å². The number of hydrogen-bond donors (Lipinski definition) is 1. The fourth-order valence-electron chi connectivity index (χ4n) is 4.37. The van der Waals surface area contributed by atoms with E-state index in [1.165, 1.54) is 6.42 Å². The minimum absolute atomic E-state index is 0.146. The lowest BCUT2D eigenvalue weighted by Crippen LogP contribution is -2.46. The van der Waals surface area contributed by atoms with Crippen LogP contribution in [0.2, 0.25) is 0 Å². The lowest BCUT2D eigenvalue weighted by Gasteiger charge is -2.36. The summed E-state index contributed by atoms with van der Waals surface area (Å²) in [5.74, 6) is 1.78. The second-order valence-electron chi connectivity index (χ2n) is 8.34. The van der Waals surface area contributed by atoms with E-state index >= 15 is 0 Å². The maximum absolute atomic E-state index is 12.7. The Balaban J connectivity index is 1.42. The number of aliphatic hydroxyl groups excluding tert-OH is 1. The van der Waals surface area contributed by atoms with E-state index < -0.39 is 6.10 Å². The van der Waals surface area contributed by atoms with Crippen LogP contribution in [0, 0.1) is 5.92 Å². The van der Waals surface area contributed by atoms with Gasteiger partial charge in [0.1, 0.15) is 12.7 Å². The molecule has 0 aliphatic carbocycles. The highest BCUT2D eigenvalue weighted by atomic mass is 16.5. The van der Waals surface area contributed by atoms with Crippen LogP contribution in [-0.2, 0) is 4.79 Å². The van der Waals surface area contributed by atoms with Crippen LogP contribution in [0.4, 0.5) is 0 Å². The highest BCUT2D eigenvalue weighted by Gasteiger charge is 2.29. The minimum Gasteiger partial charge on any atom is -0.493 e. The van der Waals surface area contributed by atoms with E-state index in [9.17, 15) is 9.90 Å². The Bertz CT molecular complexity index is 707. The van der Waals surface area contributed by atoms with Crippen LogP contribution in [0.1, 0.15) is 44.6 Å². The van der Waals surface area contributed by atoms with Crippen LogP contribution in [0.5, 0.6) is 11.5 Å². The number of amides is 1. The molecule has 2 aliphatic heterocycles. The van der Waals surface area contributed by atoms with E-state index in [1.807, 2.05) is 37.3 Å². The number of benzene rings is 1. The molecule has 0 bridgehead atoms. The Morgan fingerprint density at radius 3 is 2.57 bits per heavy atom. The standard InChI is InChI=1S/C24H36N2O4/c1-3-7-19-8-9-22(23(16-19)29-2)30-18-21(27)17-25-14-10-20(11-15-25)24(28)26-12-5-4-6-13-26/h3,7-9,16,20-21,27H,4-6,10-15,17-18H2,1-2H3/b7-3+. The summed E-state index contributed by atoms with van der Waals surface area (Å²) in [5.41, 5.74) is 1.05. The summed E-state index contributed by atoms with van der Waals surface area (Å²) in [7, 11) is 1.62. The van der Waals surface area contributed by atoms with Crippen molar-refractivity contribution in [1.82, 2.24) is 9.80 Å². The molecule has 166 valence electrons. The van der Waals surface area contributed by atoms with Gasteiger partial charge in [-0.3, -0.25) is 4.79 Å². The van der Waals surface area contributed by atoms with Crippen molar-refractivity contribution in [1.29, 1.82) is 0 Å². The van der Waals surface area contributed by atoms with Gasteiger partial charge in [-0.15, -0.1) is 0 Å². The number of rotatable bonds is 8. The molecule has 2 fully saturated rings. The number of β-amino-alcohol motifs (C(OH)–C–C–N with tert-alkyl or cyclic N) is 1. The van der Waals surface area contributed by atoms with E-state index in [0.29, 0.717) is 24.0 Å². The SMILES string of the molecule is C/C=C/c1ccc(OCC(O)CN2CCC(C(=O)N3CCCCC3)CC2)c(OC)c1. The van der Waals surface area contributed by atoms with Crippen LogP contribution in [-0.4, -0.2) is 73.4 Å². The zero-order chi connectivity index (χ0) is 21.3. The zero-order valence-electron chi connectivity index (χ0n) is 18.4. The molecule has 1 aromatic rings.